The molecule has 0 aromatic heterocycles. The highest BCUT2D eigenvalue weighted by Crippen LogP contribution is 1.96. The molecule has 0 radical (unpaired) electrons. The Labute approximate surface area is 50.1 Å². The summed E-state index contributed by atoms with van der Waals surface area (Å²) in [6.07, 6.45) is 5.46. The number of halogens is 1. The van der Waals surface area contributed by atoms with Crippen LogP contribution in [0.5, 0.6) is 0 Å². The van der Waals surface area contributed by atoms with Gasteiger partial charge in [0.05, 0.1) is 0 Å². The molecular weight excluding hydrogens is 103 g/mol. The quantitative estimate of drug-likeness (QED) is 0.390. The van der Waals surface area contributed by atoms with Gasteiger partial charge in [0.15, 0.2) is 0 Å². The third kappa shape index (κ3) is 5.49. The summed E-state index contributed by atoms with van der Waals surface area (Å²) in [6, 6.07) is 0. The zero-order valence-electron chi connectivity index (χ0n) is 5.21. The molecule has 0 aliphatic rings. The van der Waals surface area contributed by atoms with Gasteiger partial charge in [0.2, 0.25) is 0 Å². The Bertz CT molecular complexity index is 86.3. The zero-order chi connectivity index (χ0) is 6.24. The summed E-state index contributed by atoms with van der Waals surface area (Å²) in [7, 11) is 0. The minimum absolute atomic E-state index is 0.713. The molecule has 0 amide bonds. The van der Waals surface area contributed by atoms with Gasteiger partial charge < -0.3 is 0 Å². The fourth-order valence-corrected chi connectivity index (χ4v) is 0.511. The Morgan fingerprint density at radius 1 is 1.38 bits per heavy atom. The van der Waals surface area contributed by atoms with E-state index in [0.717, 1.165) is 12.8 Å². The lowest BCUT2D eigenvalue weighted by molar-refractivity contribution is 0.728. The minimum atomic E-state index is 0.713. The SMILES string of the molecule is CCCCCC#CF. The van der Waals surface area contributed by atoms with Crippen LogP contribution < -0.4 is 0 Å². The normalized spacial score (nSPS) is 7.75. The van der Waals surface area contributed by atoms with Crippen molar-refractivity contribution >= 4 is 0 Å². The van der Waals surface area contributed by atoms with Crippen molar-refractivity contribution in [2.24, 2.45) is 0 Å². The van der Waals surface area contributed by atoms with Crippen LogP contribution in [0.15, 0.2) is 0 Å². The Morgan fingerprint density at radius 3 is 2.62 bits per heavy atom. The van der Waals surface area contributed by atoms with Crippen molar-refractivity contribution < 1.29 is 4.39 Å². The summed E-state index contributed by atoms with van der Waals surface area (Å²) in [5, 5.41) is 0. The first-order valence-corrected chi connectivity index (χ1v) is 3.00. The lowest BCUT2D eigenvalue weighted by Crippen LogP contribution is -1.69. The van der Waals surface area contributed by atoms with Crippen LogP contribution in [0, 0.1) is 12.1 Å². The summed E-state index contributed by atoms with van der Waals surface area (Å²) in [4.78, 5) is 0. The highest BCUT2D eigenvalue weighted by molar-refractivity contribution is 4.89. The van der Waals surface area contributed by atoms with E-state index in [2.05, 4.69) is 12.8 Å². The molecule has 0 spiro atoms. The lowest BCUT2D eigenvalue weighted by atomic mass is 10.2. The first-order chi connectivity index (χ1) is 3.91. The number of unbranched alkanes of at least 4 members (excludes halogenated alkanes) is 3. The van der Waals surface area contributed by atoms with Crippen molar-refractivity contribution in [2.75, 3.05) is 0 Å². The molecule has 0 aromatic carbocycles. The van der Waals surface area contributed by atoms with Crippen LogP contribution in [0.3, 0.4) is 0 Å². The van der Waals surface area contributed by atoms with Crippen LogP contribution in [0.2, 0.25) is 0 Å². The monoisotopic (exact) mass is 114 g/mol. The molecule has 1 heteroatoms. The van der Waals surface area contributed by atoms with E-state index in [1.54, 1.807) is 0 Å². The molecule has 0 N–H and O–H groups in total. The van der Waals surface area contributed by atoms with E-state index in [0.29, 0.717) is 6.42 Å². The van der Waals surface area contributed by atoms with Gasteiger partial charge in [-0.25, -0.2) is 0 Å². The van der Waals surface area contributed by atoms with Crippen LogP contribution >= 0.6 is 0 Å². The van der Waals surface area contributed by atoms with Crippen LogP contribution in [0.4, 0.5) is 4.39 Å². The highest BCUT2D eigenvalue weighted by atomic mass is 19.1. The maximum absolute atomic E-state index is 11.1. The largest absolute Gasteiger partial charge is 0.144 e. The third-order valence-electron chi connectivity index (χ3n) is 0.972. The maximum Gasteiger partial charge on any atom is 0.105 e. The molecule has 0 aliphatic carbocycles. The zero-order valence-corrected chi connectivity index (χ0v) is 5.21. The molecule has 0 rings (SSSR count). The predicted molar refractivity (Wildman–Crippen MR) is 33.0 cm³/mol. The average Bonchev–Trinajstić information content (AvgIpc) is 1.81. The van der Waals surface area contributed by atoms with E-state index in [-0.39, 0.29) is 0 Å². The summed E-state index contributed by atoms with van der Waals surface area (Å²) >= 11 is 0. The van der Waals surface area contributed by atoms with E-state index in [4.69, 9.17) is 0 Å². The molecule has 0 unspecified atom stereocenters. The molecule has 0 nitrogen and oxygen atoms in total. The van der Waals surface area contributed by atoms with Crippen molar-refractivity contribution in [3.05, 3.63) is 0 Å². The summed E-state index contributed by atoms with van der Waals surface area (Å²) in [5.41, 5.74) is 0. The minimum Gasteiger partial charge on any atom is -0.144 e. The summed E-state index contributed by atoms with van der Waals surface area (Å²) in [6.45, 7) is 2.11. The summed E-state index contributed by atoms with van der Waals surface area (Å²) < 4.78 is 11.1. The van der Waals surface area contributed by atoms with Gasteiger partial charge >= 0.3 is 0 Å². The molecule has 0 saturated carbocycles. The Hall–Kier alpha value is -0.510. The number of hydrogen-bond acceptors (Lipinski definition) is 0. The van der Waals surface area contributed by atoms with Gasteiger partial charge in [0.25, 0.3) is 0 Å². The van der Waals surface area contributed by atoms with Gasteiger partial charge in [0, 0.05) is 6.42 Å². The number of hydrogen-bond donors (Lipinski definition) is 0. The second kappa shape index (κ2) is 6.49. The standard InChI is InChI=1S/C7H11F/c1-2-3-4-5-6-7-8/h2-5H2,1H3. The predicted octanol–water partition coefficient (Wildman–Crippen LogP) is 2.50. The number of rotatable bonds is 3. The highest BCUT2D eigenvalue weighted by Gasteiger charge is 1.79. The van der Waals surface area contributed by atoms with Crippen LogP contribution in [-0.2, 0) is 0 Å². The molecule has 0 saturated heterocycles. The molecule has 0 bridgehead atoms. The van der Waals surface area contributed by atoms with Crippen LogP contribution in [0.25, 0.3) is 0 Å². The van der Waals surface area contributed by atoms with Crippen molar-refractivity contribution in [1.29, 1.82) is 0 Å². The topological polar surface area (TPSA) is 0 Å². The second-order valence-electron chi connectivity index (χ2n) is 1.73. The van der Waals surface area contributed by atoms with Gasteiger partial charge in [-0.15, -0.1) is 4.39 Å². The van der Waals surface area contributed by atoms with E-state index < -0.39 is 0 Å². The van der Waals surface area contributed by atoms with E-state index >= 15 is 0 Å². The fourth-order valence-electron chi connectivity index (χ4n) is 0.511. The lowest BCUT2D eigenvalue weighted by Gasteiger charge is -1.86. The van der Waals surface area contributed by atoms with Gasteiger partial charge in [-0.05, 0) is 6.42 Å². The molecule has 0 heterocycles. The van der Waals surface area contributed by atoms with Gasteiger partial charge in [-0.2, -0.15) is 0 Å². The van der Waals surface area contributed by atoms with E-state index in [1.807, 2.05) is 0 Å². The fraction of sp³-hybridized carbons (Fsp3) is 0.714. The van der Waals surface area contributed by atoms with Gasteiger partial charge in [-0.1, -0.05) is 25.7 Å². The van der Waals surface area contributed by atoms with E-state index in [1.165, 1.54) is 12.6 Å². The average molecular weight is 114 g/mol. The van der Waals surface area contributed by atoms with Crippen molar-refractivity contribution in [1.82, 2.24) is 0 Å². The molecule has 8 heavy (non-hydrogen) atoms. The summed E-state index contributed by atoms with van der Waals surface area (Å²) in [5.74, 6) is 2.37. The third-order valence-corrected chi connectivity index (χ3v) is 0.972. The molecule has 0 fully saturated rings. The van der Waals surface area contributed by atoms with Crippen molar-refractivity contribution in [2.45, 2.75) is 32.6 Å². The van der Waals surface area contributed by atoms with Crippen LogP contribution in [-0.4, -0.2) is 0 Å². The second-order valence-corrected chi connectivity index (χ2v) is 1.73. The van der Waals surface area contributed by atoms with Crippen molar-refractivity contribution in [3.63, 3.8) is 0 Å². The van der Waals surface area contributed by atoms with Crippen LogP contribution in [0.1, 0.15) is 32.6 Å². The Morgan fingerprint density at radius 2 is 2.12 bits per heavy atom. The molecule has 46 valence electrons. The Balaban J connectivity index is 2.79. The molecular formula is C7H11F. The van der Waals surface area contributed by atoms with Crippen molar-refractivity contribution in [3.8, 4) is 12.1 Å². The van der Waals surface area contributed by atoms with E-state index in [9.17, 15) is 4.39 Å². The first kappa shape index (κ1) is 7.49. The smallest absolute Gasteiger partial charge is 0.105 e. The first-order valence-electron chi connectivity index (χ1n) is 3.00. The maximum atomic E-state index is 11.1. The van der Waals surface area contributed by atoms with Gasteiger partial charge in [-0.3, -0.25) is 0 Å². The van der Waals surface area contributed by atoms with Gasteiger partial charge in [0.1, 0.15) is 6.17 Å². The molecule has 0 aliphatic heterocycles. The molecule has 0 atom stereocenters. The Kier molecular flexibility index (Phi) is 6.08. The molecule has 0 aromatic rings.